The average molecular weight is 194 g/mol. The first-order valence-corrected chi connectivity index (χ1v) is 4.93. The fraction of sp³-hybridized carbons (Fsp3) is 0.500. The van der Waals surface area contributed by atoms with Gasteiger partial charge in [-0.05, 0) is 29.5 Å². The monoisotopic (exact) mass is 194 g/mol. The Morgan fingerprint density at radius 2 is 2.07 bits per heavy atom. The SMILES string of the molecule is COc1cccc([C@H](C)[C@@H](C)CO)c1. The standard InChI is InChI=1S/C12H18O2/c1-9(8-13)10(2)11-5-4-6-12(7-11)14-3/h4-7,9-10,13H,8H2,1-3H3/t9-,10+/m0/s1. The van der Waals surface area contributed by atoms with Crippen molar-refractivity contribution in [3.05, 3.63) is 29.8 Å². The van der Waals surface area contributed by atoms with Crippen molar-refractivity contribution >= 4 is 0 Å². The molecule has 2 heteroatoms. The van der Waals surface area contributed by atoms with Gasteiger partial charge in [0.25, 0.3) is 0 Å². The lowest BCUT2D eigenvalue weighted by Crippen LogP contribution is -2.10. The highest BCUT2D eigenvalue weighted by Crippen LogP contribution is 2.26. The van der Waals surface area contributed by atoms with E-state index in [0.717, 1.165) is 5.75 Å². The second kappa shape index (κ2) is 5.01. The first kappa shape index (κ1) is 11.1. The van der Waals surface area contributed by atoms with Gasteiger partial charge in [0.1, 0.15) is 5.75 Å². The number of ether oxygens (including phenoxy) is 1. The second-order valence-corrected chi connectivity index (χ2v) is 3.73. The van der Waals surface area contributed by atoms with Crippen molar-refractivity contribution in [1.29, 1.82) is 0 Å². The van der Waals surface area contributed by atoms with Crippen molar-refractivity contribution in [2.24, 2.45) is 5.92 Å². The lowest BCUT2D eigenvalue weighted by Gasteiger charge is -2.18. The summed E-state index contributed by atoms with van der Waals surface area (Å²) >= 11 is 0. The number of rotatable bonds is 4. The molecule has 0 aliphatic carbocycles. The summed E-state index contributed by atoms with van der Waals surface area (Å²) in [6.45, 7) is 4.39. The molecule has 0 bridgehead atoms. The van der Waals surface area contributed by atoms with E-state index in [0.29, 0.717) is 5.92 Å². The maximum absolute atomic E-state index is 9.06. The second-order valence-electron chi connectivity index (χ2n) is 3.73. The van der Waals surface area contributed by atoms with Crippen LogP contribution in [0.15, 0.2) is 24.3 Å². The van der Waals surface area contributed by atoms with Crippen LogP contribution in [0.1, 0.15) is 25.3 Å². The maximum atomic E-state index is 9.06. The molecule has 78 valence electrons. The third-order valence-electron chi connectivity index (χ3n) is 2.76. The van der Waals surface area contributed by atoms with E-state index in [1.54, 1.807) is 7.11 Å². The van der Waals surface area contributed by atoms with Gasteiger partial charge in [-0.25, -0.2) is 0 Å². The minimum Gasteiger partial charge on any atom is -0.497 e. The fourth-order valence-electron chi connectivity index (χ4n) is 1.41. The number of aliphatic hydroxyl groups excluding tert-OH is 1. The number of methoxy groups -OCH3 is 1. The van der Waals surface area contributed by atoms with Crippen LogP contribution in [-0.2, 0) is 0 Å². The van der Waals surface area contributed by atoms with Crippen LogP contribution in [0.5, 0.6) is 5.75 Å². The number of aliphatic hydroxyl groups is 1. The third-order valence-corrected chi connectivity index (χ3v) is 2.76. The summed E-state index contributed by atoms with van der Waals surface area (Å²) in [6.07, 6.45) is 0. The van der Waals surface area contributed by atoms with Crippen molar-refractivity contribution in [1.82, 2.24) is 0 Å². The Hall–Kier alpha value is -1.02. The summed E-state index contributed by atoms with van der Waals surface area (Å²) in [5.74, 6) is 1.51. The number of hydrogen-bond donors (Lipinski definition) is 1. The minimum absolute atomic E-state index is 0.221. The zero-order valence-electron chi connectivity index (χ0n) is 9.03. The van der Waals surface area contributed by atoms with Crippen molar-refractivity contribution in [2.45, 2.75) is 19.8 Å². The molecule has 1 aromatic rings. The Bertz CT molecular complexity index is 283. The van der Waals surface area contributed by atoms with Gasteiger partial charge in [0.15, 0.2) is 0 Å². The molecule has 1 aromatic carbocycles. The largest absolute Gasteiger partial charge is 0.497 e. The smallest absolute Gasteiger partial charge is 0.119 e. The lowest BCUT2D eigenvalue weighted by molar-refractivity contribution is 0.220. The third kappa shape index (κ3) is 2.48. The first-order valence-electron chi connectivity index (χ1n) is 4.93. The summed E-state index contributed by atoms with van der Waals surface area (Å²) in [5, 5.41) is 9.06. The first-order chi connectivity index (χ1) is 6.69. The van der Waals surface area contributed by atoms with Gasteiger partial charge in [-0.2, -0.15) is 0 Å². The Balaban J connectivity index is 2.83. The lowest BCUT2D eigenvalue weighted by atomic mass is 9.89. The molecule has 1 rings (SSSR count). The van der Waals surface area contributed by atoms with Gasteiger partial charge in [0, 0.05) is 6.61 Å². The van der Waals surface area contributed by atoms with Crippen LogP contribution in [0, 0.1) is 5.92 Å². The van der Waals surface area contributed by atoms with E-state index in [-0.39, 0.29) is 12.5 Å². The molecule has 0 aromatic heterocycles. The maximum Gasteiger partial charge on any atom is 0.119 e. The molecule has 2 nitrogen and oxygen atoms in total. The van der Waals surface area contributed by atoms with E-state index < -0.39 is 0 Å². The van der Waals surface area contributed by atoms with Crippen LogP contribution < -0.4 is 4.74 Å². The van der Waals surface area contributed by atoms with Crippen LogP contribution in [0.25, 0.3) is 0 Å². The summed E-state index contributed by atoms with van der Waals surface area (Å²) < 4.78 is 5.16. The van der Waals surface area contributed by atoms with E-state index in [4.69, 9.17) is 9.84 Å². The molecule has 0 radical (unpaired) electrons. The van der Waals surface area contributed by atoms with Gasteiger partial charge in [-0.1, -0.05) is 26.0 Å². The van der Waals surface area contributed by atoms with E-state index in [1.165, 1.54) is 5.56 Å². The normalized spacial score (nSPS) is 14.9. The highest BCUT2D eigenvalue weighted by Gasteiger charge is 2.13. The van der Waals surface area contributed by atoms with E-state index in [1.807, 2.05) is 25.1 Å². The summed E-state index contributed by atoms with van der Waals surface area (Å²) in [4.78, 5) is 0. The van der Waals surface area contributed by atoms with Gasteiger partial charge in [-0.15, -0.1) is 0 Å². The van der Waals surface area contributed by atoms with Crippen LogP contribution in [0.4, 0.5) is 0 Å². The predicted octanol–water partition coefficient (Wildman–Crippen LogP) is 2.43. The van der Waals surface area contributed by atoms with Crippen LogP contribution in [0.3, 0.4) is 0 Å². The predicted molar refractivity (Wildman–Crippen MR) is 57.7 cm³/mol. The molecule has 0 saturated heterocycles. The molecule has 2 atom stereocenters. The van der Waals surface area contributed by atoms with Gasteiger partial charge in [0.2, 0.25) is 0 Å². The van der Waals surface area contributed by atoms with E-state index >= 15 is 0 Å². The molecule has 14 heavy (non-hydrogen) atoms. The minimum atomic E-state index is 0.221. The van der Waals surface area contributed by atoms with Crippen molar-refractivity contribution in [3.8, 4) is 5.75 Å². The summed E-state index contributed by atoms with van der Waals surface area (Å²) in [5.41, 5.74) is 1.21. The number of benzene rings is 1. The molecule has 0 amide bonds. The van der Waals surface area contributed by atoms with Crippen molar-refractivity contribution < 1.29 is 9.84 Å². The highest BCUT2D eigenvalue weighted by molar-refractivity contribution is 5.30. The molecule has 0 fully saturated rings. The molecule has 0 heterocycles. The summed E-state index contributed by atoms with van der Waals surface area (Å²) in [6, 6.07) is 8.00. The van der Waals surface area contributed by atoms with Gasteiger partial charge >= 0.3 is 0 Å². The number of hydrogen-bond acceptors (Lipinski definition) is 2. The molecular formula is C12H18O2. The molecule has 0 aliphatic rings. The molecule has 0 unspecified atom stereocenters. The Morgan fingerprint density at radius 3 is 2.64 bits per heavy atom. The zero-order valence-corrected chi connectivity index (χ0v) is 9.03. The molecule has 0 spiro atoms. The average Bonchev–Trinajstić information content (AvgIpc) is 2.27. The Morgan fingerprint density at radius 1 is 1.36 bits per heavy atom. The van der Waals surface area contributed by atoms with Crippen molar-refractivity contribution in [3.63, 3.8) is 0 Å². The van der Waals surface area contributed by atoms with Crippen LogP contribution in [0.2, 0.25) is 0 Å². The van der Waals surface area contributed by atoms with Crippen molar-refractivity contribution in [2.75, 3.05) is 13.7 Å². The highest BCUT2D eigenvalue weighted by atomic mass is 16.5. The van der Waals surface area contributed by atoms with Gasteiger partial charge in [0.05, 0.1) is 7.11 Å². The Labute approximate surface area is 85.5 Å². The van der Waals surface area contributed by atoms with Crippen LogP contribution >= 0.6 is 0 Å². The molecule has 0 saturated carbocycles. The molecule has 1 N–H and O–H groups in total. The topological polar surface area (TPSA) is 29.5 Å². The van der Waals surface area contributed by atoms with E-state index in [2.05, 4.69) is 13.0 Å². The Kier molecular flexibility index (Phi) is 3.96. The fourth-order valence-corrected chi connectivity index (χ4v) is 1.41. The molecule has 0 aliphatic heterocycles. The quantitative estimate of drug-likeness (QED) is 0.797. The van der Waals surface area contributed by atoms with E-state index in [9.17, 15) is 0 Å². The van der Waals surface area contributed by atoms with Crippen LogP contribution in [-0.4, -0.2) is 18.8 Å². The zero-order chi connectivity index (χ0) is 10.6. The van der Waals surface area contributed by atoms with Gasteiger partial charge in [-0.3, -0.25) is 0 Å². The van der Waals surface area contributed by atoms with Gasteiger partial charge < -0.3 is 9.84 Å². The molecular weight excluding hydrogens is 176 g/mol. The summed E-state index contributed by atoms with van der Waals surface area (Å²) in [7, 11) is 1.67.